The molecule has 0 saturated carbocycles. The first-order valence-corrected chi connectivity index (χ1v) is 8.42. The van der Waals surface area contributed by atoms with Gasteiger partial charge in [-0.2, -0.15) is 13.2 Å². The fraction of sp³-hybridized carbons (Fsp3) is 0.238. The second-order valence-electron chi connectivity index (χ2n) is 7.05. The van der Waals surface area contributed by atoms with Crippen LogP contribution >= 0.6 is 0 Å². The summed E-state index contributed by atoms with van der Waals surface area (Å²) in [7, 11) is 0. The van der Waals surface area contributed by atoms with E-state index in [0.29, 0.717) is 28.7 Å². The van der Waals surface area contributed by atoms with Gasteiger partial charge in [0.15, 0.2) is 0 Å². The van der Waals surface area contributed by atoms with Crippen LogP contribution in [0.2, 0.25) is 0 Å². The number of hydrogen-bond donors (Lipinski definition) is 1. The number of nitrogens with one attached hydrogen (secondary N) is 1. The van der Waals surface area contributed by atoms with E-state index in [4.69, 9.17) is 4.74 Å². The topological polar surface area (TPSA) is 55.4 Å². The fourth-order valence-electron chi connectivity index (χ4n) is 2.32. The van der Waals surface area contributed by atoms with Crippen LogP contribution in [0, 0.1) is 0 Å². The van der Waals surface area contributed by atoms with Crippen molar-refractivity contribution in [1.29, 1.82) is 0 Å². The zero-order valence-corrected chi connectivity index (χ0v) is 15.6. The predicted octanol–water partition coefficient (Wildman–Crippen LogP) is 6.04. The van der Waals surface area contributed by atoms with E-state index in [-0.39, 0.29) is 0 Å². The molecule has 0 aromatic heterocycles. The molecule has 0 heterocycles. The van der Waals surface area contributed by atoms with E-state index in [1.54, 1.807) is 20.8 Å². The number of hydrogen-bond acceptors (Lipinski definition) is 3. The summed E-state index contributed by atoms with van der Waals surface area (Å²) in [5, 5.41) is 2.58. The lowest BCUT2D eigenvalue weighted by Crippen LogP contribution is -2.27. The molecule has 0 saturated heterocycles. The second-order valence-corrected chi connectivity index (χ2v) is 7.05. The molecule has 28 heavy (non-hydrogen) atoms. The number of aldehydes is 1. The smallest absolute Gasteiger partial charge is 0.416 e. The van der Waals surface area contributed by atoms with E-state index >= 15 is 0 Å². The van der Waals surface area contributed by atoms with Crippen LogP contribution in [0.25, 0.3) is 12.2 Å². The maximum atomic E-state index is 12.8. The molecule has 0 fully saturated rings. The Hall–Kier alpha value is -3.09. The first kappa shape index (κ1) is 21.2. The van der Waals surface area contributed by atoms with Crippen LogP contribution < -0.4 is 5.32 Å². The maximum Gasteiger partial charge on any atom is 0.416 e. The number of ether oxygens (including phenoxy) is 1. The van der Waals surface area contributed by atoms with Crippen molar-refractivity contribution in [2.24, 2.45) is 0 Å². The van der Waals surface area contributed by atoms with Crippen molar-refractivity contribution < 1.29 is 27.5 Å². The maximum absolute atomic E-state index is 12.8. The van der Waals surface area contributed by atoms with Crippen molar-refractivity contribution in [2.45, 2.75) is 32.5 Å². The summed E-state index contributed by atoms with van der Waals surface area (Å²) in [4.78, 5) is 23.1. The first-order valence-electron chi connectivity index (χ1n) is 8.42. The molecular weight excluding hydrogens is 371 g/mol. The van der Waals surface area contributed by atoms with Crippen LogP contribution in [-0.2, 0) is 10.9 Å². The molecule has 4 nitrogen and oxygen atoms in total. The molecule has 1 amide bonds. The number of rotatable bonds is 4. The average molecular weight is 391 g/mol. The van der Waals surface area contributed by atoms with E-state index in [0.717, 1.165) is 12.1 Å². The van der Waals surface area contributed by atoms with E-state index in [2.05, 4.69) is 5.32 Å². The van der Waals surface area contributed by atoms with E-state index < -0.39 is 23.4 Å². The number of alkyl halides is 3. The molecule has 2 aromatic carbocycles. The number of carbonyl (C=O) groups excluding carboxylic acids is 2. The molecule has 0 aliphatic rings. The highest BCUT2D eigenvalue weighted by Crippen LogP contribution is 2.30. The summed E-state index contributed by atoms with van der Waals surface area (Å²) in [6, 6.07) is 9.39. The van der Waals surface area contributed by atoms with Crippen LogP contribution in [0.1, 0.15) is 47.8 Å². The Morgan fingerprint density at radius 2 is 1.71 bits per heavy atom. The van der Waals surface area contributed by atoms with Crippen molar-refractivity contribution in [3.8, 4) is 0 Å². The lowest BCUT2D eigenvalue weighted by atomic mass is 10.1. The van der Waals surface area contributed by atoms with Gasteiger partial charge in [0.2, 0.25) is 0 Å². The molecule has 148 valence electrons. The third kappa shape index (κ3) is 6.26. The summed E-state index contributed by atoms with van der Waals surface area (Å²) in [6.45, 7) is 5.16. The van der Waals surface area contributed by atoms with E-state index in [9.17, 15) is 22.8 Å². The van der Waals surface area contributed by atoms with Gasteiger partial charge in [-0.05, 0) is 62.2 Å². The quantitative estimate of drug-likeness (QED) is 0.511. The van der Waals surface area contributed by atoms with Crippen LogP contribution in [0.3, 0.4) is 0 Å². The molecule has 7 heteroatoms. The standard InChI is InChI=1S/C21H20F3NO3/c1-20(2,3)28-19(27)25-18-10-8-15(13-26)11-16(18)9-7-14-5-4-6-17(12-14)21(22,23)24/h4-13H,1-3H3,(H,25,27)/b9-7+. The highest BCUT2D eigenvalue weighted by atomic mass is 19.4. The number of halogens is 3. The molecule has 2 aromatic rings. The van der Waals surface area contributed by atoms with Gasteiger partial charge in [0.1, 0.15) is 11.9 Å². The van der Waals surface area contributed by atoms with Crippen molar-refractivity contribution in [2.75, 3.05) is 5.32 Å². The minimum atomic E-state index is -4.44. The van der Waals surface area contributed by atoms with Gasteiger partial charge < -0.3 is 4.74 Å². The lowest BCUT2D eigenvalue weighted by Gasteiger charge is -2.20. The summed E-state index contributed by atoms with van der Waals surface area (Å²) < 4.78 is 43.7. The minimum Gasteiger partial charge on any atom is -0.444 e. The van der Waals surface area contributed by atoms with Gasteiger partial charge in [-0.15, -0.1) is 0 Å². The van der Waals surface area contributed by atoms with Crippen LogP contribution in [0.15, 0.2) is 42.5 Å². The average Bonchev–Trinajstić information content (AvgIpc) is 2.58. The van der Waals surface area contributed by atoms with Gasteiger partial charge >= 0.3 is 12.3 Å². The number of amides is 1. The summed E-state index contributed by atoms with van der Waals surface area (Å²) in [6.07, 6.45) is -1.49. The van der Waals surface area contributed by atoms with Gasteiger partial charge in [0, 0.05) is 5.56 Å². The number of benzene rings is 2. The summed E-state index contributed by atoms with van der Waals surface area (Å²) in [5.41, 5.74) is 0.0493. The highest BCUT2D eigenvalue weighted by molar-refractivity contribution is 5.91. The van der Waals surface area contributed by atoms with Crippen LogP contribution in [0.5, 0.6) is 0 Å². The third-order valence-electron chi connectivity index (χ3n) is 3.52. The third-order valence-corrected chi connectivity index (χ3v) is 3.52. The second kappa shape index (κ2) is 8.29. The monoisotopic (exact) mass is 391 g/mol. The molecule has 2 rings (SSSR count). The fourth-order valence-corrected chi connectivity index (χ4v) is 2.32. The van der Waals surface area contributed by atoms with Crippen molar-refractivity contribution in [3.63, 3.8) is 0 Å². The molecule has 0 aliphatic heterocycles. The Bertz CT molecular complexity index is 896. The Morgan fingerprint density at radius 1 is 1.00 bits per heavy atom. The van der Waals surface area contributed by atoms with Crippen molar-refractivity contribution in [1.82, 2.24) is 0 Å². The van der Waals surface area contributed by atoms with Gasteiger partial charge in [-0.1, -0.05) is 24.3 Å². The van der Waals surface area contributed by atoms with Gasteiger partial charge in [-0.25, -0.2) is 4.79 Å². The van der Waals surface area contributed by atoms with Gasteiger partial charge in [0.05, 0.1) is 11.3 Å². The Kier molecular flexibility index (Phi) is 6.28. The largest absolute Gasteiger partial charge is 0.444 e. The summed E-state index contributed by atoms with van der Waals surface area (Å²) >= 11 is 0. The normalized spacial score (nSPS) is 12.1. The highest BCUT2D eigenvalue weighted by Gasteiger charge is 2.30. The number of anilines is 1. The molecule has 0 atom stereocenters. The van der Waals surface area contributed by atoms with Crippen LogP contribution in [0.4, 0.5) is 23.7 Å². The SMILES string of the molecule is CC(C)(C)OC(=O)Nc1ccc(C=O)cc1/C=C/c1cccc(C(F)(F)F)c1. The van der Waals surface area contributed by atoms with E-state index in [1.807, 2.05) is 0 Å². The molecule has 1 N–H and O–H groups in total. The molecule has 0 spiro atoms. The van der Waals surface area contributed by atoms with E-state index in [1.165, 1.54) is 42.5 Å². The minimum absolute atomic E-state index is 0.328. The zero-order valence-electron chi connectivity index (χ0n) is 15.6. The van der Waals surface area contributed by atoms with Gasteiger partial charge in [-0.3, -0.25) is 10.1 Å². The lowest BCUT2D eigenvalue weighted by molar-refractivity contribution is -0.137. The Morgan fingerprint density at radius 3 is 2.32 bits per heavy atom. The summed E-state index contributed by atoms with van der Waals surface area (Å²) in [5.74, 6) is 0. The number of carbonyl (C=O) groups is 2. The van der Waals surface area contributed by atoms with Crippen molar-refractivity contribution in [3.05, 3.63) is 64.7 Å². The first-order chi connectivity index (χ1) is 13.0. The Balaban J connectivity index is 2.32. The van der Waals surface area contributed by atoms with Gasteiger partial charge in [0.25, 0.3) is 0 Å². The molecule has 0 radical (unpaired) electrons. The molecule has 0 aliphatic carbocycles. The molecule has 0 bridgehead atoms. The zero-order chi connectivity index (χ0) is 20.9. The predicted molar refractivity (Wildman–Crippen MR) is 102 cm³/mol. The van der Waals surface area contributed by atoms with Crippen molar-refractivity contribution >= 4 is 30.2 Å². The Labute approximate surface area is 161 Å². The molecular formula is C21H20F3NO3. The van der Waals surface area contributed by atoms with Crippen LogP contribution in [-0.4, -0.2) is 18.0 Å². The molecule has 0 unspecified atom stereocenters.